The van der Waals surface area contributed by atoms with Crippen molar-refractivity contribution in [2.24, 2.45) is 0 Å². The minimum atomic E-state index is -2.83. The summed E-state index contributed by atoms with van der Waals surface area (Å²) in [5.74, 6) is 1.30. The van der Waals surface area contributed by atoms with Gasteiger partial charge in [0.25, 0.3) is 0 Å². The molecule has 1 aromatic heterocycles. The SMILES string of the molecule is O=S1(=O)CCCC(NCc2ncn[nH]2)C1. The maximum atomic E-state index is 11.3. The number of hydrogen-bond acceptors (Lipinski definition) is 5. The maximum absolute atomic E-state index is 11.3. The molecule has 7 heteroatoms. The second-order valence-electron chi connectivity index (χ2n) is 3.77. The van der Waals surface area contributed by atoms with Gasteiger partial charge >= 0.3 is 0 Å². The Bertz CT molecular complexity index is 400. The van der Waals surface area contributed by atoms with Crippen LogP contribution in [0.4, 0.5) is 0 Å². The van der Waals surface area contributed by atoms with E-state index < -0.39 is 9.84 Å². The Kier molecular flexibility index (Phi) is 3.01. The summed E-state index contributed by atoms with van der Waals surface area (Å²) in [4.78, 5) is 3.96. The molecule has 0 saturated carbocycles. The molecule has 0 aromatic carbocycles. The lowest BCUT2D eigenvalue weighted by molar-refractivity contribution is 0.474. The number of nitrogens with zero attached hydrogens (tertiary/aromatic N) is 2. The van der Waals surface area contributed by atoms with Crippen molar-refractivity contribution in [2.45, 2.75) is 25.4 Å². The zero-order chi connectivity index (χ0) is 10.7. The highest BCUT2D eigenvalue weighted by atomic mass is 32.2. The van der Waals surface area contributed by atoms with Crippen LogP contribution in [0.1, 0.15) is 18.7 Å². The summed E-state index contributed by atoms with van der Waals surface area (Å²) in [5, 5.41) is 9.61. The van der Waals surface area contributed by atoms with Crippen LogP contribution in [0.25, 0.3) is 0 Å². The number of H-pyrrole nitrogens is 1. The van der Waals surface area contributed by atoms with Crippen molar-refractivity contribution in [1.82, 2.24) is 20.5 Å². The molecule has 1 fully saturated rings. The summed E-state index contributed by atoms with van der Waals surface area (Å²) < 4.78 is 22.7. The minimum Gasteiger partial charge on any atom is -0.306 e. The summed E-state index contributed by atoms with van der Waals surface area (Å²) in [6, 6.07) is 0.0499. The van der Waals surface area contributed by atoms with Crippen LogP contribution in [0.2, 0.25) is 0 Å². The van der Waals surface area contributed by atoms with Gasteiger partial charge < -0.3 is 5.32 Å². The van der Waals surface area contributed by atoms with Crippen molar-refractivity contribution in [3.8, 4) is 0 Å². The molecule has 0 radical (unpaired) electrons. The molecule has 0 spiro atoms. The fraction of sp³-hybridized carbons (Fsp3) is 0.750. The van der Waals surface area contributed by atoms with E-state index in [2.05, 4.69) is 20.5 Å². The second-order valence-corrected chi connectivity index (χ2v) is 6.00. The zero-order valence-electron chi connectivity index (χ0n) is 8.31. The van der Waals surface area contributed by atoms with E-state index in [0.717, 1.165) is 18.7 Å². The third kappa shape index (κ3) is 3.00. The smallest absolute Gasteiger partial charge is 0.151 e. The van der Waals surface area contributed by atoms with Gasteiger partial charge in [0, 0.05) is 6.04 Å². The van der Waals surface area contributed by atoms with Crippen molar-refractivity contribution >= 4 is 9.84 Å². The van der Waals surface area contributed by atoms with Gasteiger partial charge in [-0.3, -0.25) is 5.10 Å². The average Bonchev–Trinajstić information content (AvgIpc) is 2.65. The fourth-order valence-corrected chi connectivity index (χ4v) is 3.41. The summed E-state index contributed by atoms with van der Waals surface area (Å²) in [7, 11) is -2.83. The van der Waals surface area contributed by atoms with E-state index in [1.165, 1.54) is 6.33 Å². The van der Waals surface area contributed by atoms with Gasteiger partial charge in [0.1, 0.15) is 12.2 Å². The summed E-state index contributed by atoms with van der Waals surface area (Å²) in [6.45, 7) is 0.542. The van der Waals surface area contributed by atoms with Gasteiger partial charge in [-0.05, 0) is 12.8 Å². The first-order chi connectivity index (χ1) is 7.16. The molecule has 1 unspecified atom stereocenters. The molecule has 15 heavy (non-hydrogen) atoms. The molecule has 2 rings (SSSR count). The molecule has 1 saturated heterocycles. The van der Waals surface area contributed by atoms with Gasteiger partial charge in [0.2, 0.25) is 0 Å². The van der Waals surface area contributed by atoms with Crippen LogP contribution in [-0.4, -0.2) is 41.1 Å². The molecule has 1 aromatic rings. The number of aromatic nitrogens is 3. The molecule has 2 heterocycles. The predicted molar refractivity (Wildman–Crippen MR) is 54.9 cm³/mol. The van der Waals surface area contributed by atoms with Crippen molar-refractivity contribution in [1.29, 1.82) is 0 Å². The Morgan fingerprint density at radius 1 is 1.60 bits per heavy atom. The average molecular weight is 230 g/mol. The molecule has 1 aliphatic rings. The lowest BCUT2D eigenvalue weighted by atomic mass is 10.2. The first-order valence-electron chi connectivity index (χ1n) is 4.94. The zero-order valence-corrected chi connectivity index (χ0v) is 9.13. The van der Waals surface area contributed by atoms with Crippen LogP contribution in [0, 0.1) is 0 Å². The summed E-state index contributed by atoms with van der Waals surface area (Å²) >= 11 is 0. The molecule has 0 aliphatic carbocycles. The molecular weight excluding hydrogens is 216 g/mol. The lowest BCUT2D eigenvalue weighted by Crippen LogP contribution is -2.39. The third-order valence-electron chi connectivity index (χ3n) is 2.49. The van der Waals surface area contributed by atoms with E-state index in [9.17, 15) is 8.42 Å². The van der Waals surface area contributed by atoms with E-state index in [-0.39, 0.29) is 11.8 Å². The van der Waals surface area contributed by atoms with Gasteiger partial charge in [0.15, 0.2) is 9.84 Å². The highest BCUT2D eigenvalue weighted by molar-refractivity contribution is 7.91. The Morgan fingerprint density at radius 3 is 3.13 bits per heavy atom. The minimum absolute atomic E-state index is 0.0499. The van der Waals surface area contributed by atoms with Gasteiger partial charge in [-0.1, -0.05) is 0 Å². The van der Waals surface area contributed by atoms with E-state index in [4.69, 9.17) is 0 Å². The van der Waals surface area contributed by atoms with Crippen LogP contribution >= 0.6 is 0 Å². The molecule has 0 amide bonds. The highest BCUT2D eigenvalue weighted by Gasteiger charge is 2.24. The topological polar surface area (TPSA) is 87.7 Å². The first kappa shape index (κ1) is 10.6. The van der Waals surface area contributed by atoms with Crippen molar-refractivity contribution in [2.75, 3.05) is 11.5 Å². The Morgan fingerprint density at radius 2 is 2.47 bits per heavy atom. The van der Waals surface area contributed by atoms with Crippen LogP contribution in [0.15, 0.2) is 6.33 Å². The summed E-state index contributed by atoms with van der Waals surface area (Å²) in [5.41, 5.74) is 0. The van der Waals surface area contributed by atoms with Crippen LogP contribution in [-0.2, 0) is 16.4 Å². The Balaban J connectivity index is 1.85. The number of nitrogens with one attached hydrogen (secondary N) is 2. The quantitative estimate of drug-likeness (QED) is 0.729. The molecule has 84 valence electrons. The van der Waals surface area contributed by atoms with Crippen molar-refractivity contribution < 1.29 is 8.42 Å². The van der Waals surface area contributed by atoms with Crippen molar-refractivity contribution in [3.05, 3.63) is 12.2 Å². The molecule has 0 bridgehead atoms. The third-order valence-corrected chi connectivity index (χ3v) is 4.31. The Labute approximate surface area is 88.4 Å². The van der Waals surface area contributed by atoms with Gasteiger partial charge in [-0.25, -0.2) is 13.4 Å². The Hall–Kier alpha value is -0.950. The fourth-order valence-electron chi connectivity index (χ4n) is 1.74. The molecule has 6 nitrogen and oxygen atoms in total. The number of rotatable bonds is 3. The second kappa shape index (κ2) is 4.28. The highest BCUT2D eigenvalue weighted by Crippen LogP contribution is 2.12. The van der Waals surface area contributed by atoms with E-state index in [0.29, 0.717) is 12.3 Å². The first-order valence-corrected chi connectivity index (χ1v) is 6.76. The van der Waals surface area contributed by atoms with E-state index >= 15 is 0 Å². The molecule has 2 N–H and O–H groups in total. The van der Waals surface area contributed by atoms with E-state index in [1.807, 2.05) is 0 Å². The monoisotopic (exact) mass is 230 g/mol. The number of hydrogen-bond donors (Lipinski definition) is 2. The molecular formula is C8H14N4O2S. The number of sulfone groups is 1. The van der Waals surface area contributed by atoms with E-state index in [1.54, 1.807) is 0 Å². The van der Waals surface area contributed by atoms with Crippen molar-refractivity contribution in [3.63, 3.8) is 0 Å². The number of aromatic amines is 1. The summed E-state index contributed by atoms with van der Waals surface area (Å²) in [6.07, 6.45) is 3.10. The van der Waals surface area contributed by atoms with Crippen LogP contribution in [0.5, 0.6) is 0 Å². The molecule has 1 atom stereocenters. The van der Waals surface area contributed by atoms with Crippen LogP contribution < -0.4 is 5.32 Å². The standard InChI is InChI=1S/C8H14N4O2S/c13-15(14)3-1-2-7(5-15)9-4-8-10-6-11-12-8/h6-7,9H,1-5H2,(H,10,11,12). The normalized spacial score (nSPS) is 25.2. The largest absolute Gasteiger partial charge is 0.306 e. The van der Waals surface area contributed by atoms with Gasteiger partial charge in [-0.15, -0.1) is 0 Å². The predicted octanol–water partition coefficient (Wildman–Crippen LogP) is -0.528. The maximum Gasteiger partial charge on any atom is 0.151 e. The van der Waals surface area contributed by atoms with Gasteiger partial charge in [-0.2, -0.15) is 5.10 Å². The lowest BCUT2D eigenvalue weighted by Gasteiger charge is -2.22. The van der Waals surface area contributed by atoms with Gasteiger partial charge in [0.05, 0.1) is 18.1 Å². The molecule has 1 aliphatic heterocycles. The van der Waals surface area contributed by atoms with Crippen LogP contribution in [0.3, 0.4) is 0 Å².